The highest BCUT2D eigenvalue weighted by molar-refractivity contribution is 7.99. The lowest BCUT2D eigenvalue weighted by atomic mass is 10.2. The zero-order valence-corrected chi connectivity index (χ0v) is 14.9. The van der Waals surface area contributed by atoms with Crippen molar-refractivity contribution in [1.29, 1.82) is 0 Å². The Kier molecular flexibility index (Phi) is 5.19. The number of hydrogen-bond donors (Lipinski definition) is 0. The van der Waals surface area contributed by atoms with Crippen molar-refractivity contribution in [3.63, 3.8) is 0 Å². The third kappa shape index (κ3) is 3.30. The predicted octanol–water partition coefficient (Wildman–Crippen LogP) is 4.19. The smallest absolute Gasteiger partial charge is 0.280 e. The van der Waals surface area contributed by atoms with Crippen molar-refractivity contribution in [2.45, 2.75) is 18.4 Å². The summed E-state index contributed by atoms with van der Waals surface area (Å²) < 4.78 is 2.98. The third-order valence-corrected chi connectivity index (χ3v) is 5.47. The molecule has 0 bridgehead atoms. The summed E-state index contributed by atoms with van der Waals surface area (Å²) in [6.07, 6.45) is 5.49. The van der Waals surface area contributed by atoms with Gasteiger partial charge in [0.05, 0.1) is 22.3 Å². The maximum absolute atomic E-state index is 12.7. The van der Waals surface area contributed by atoms with E-state index < -0.39 is 0 Å². The zero-order valence-electron chi connectivity index (χ0n) is 13.2. The topological polar surface area (TPSA) is 34.4 Å². The van der Waals surface area contributed by atoms with E-state index in [1.165, 1.54) is 11.3 Å². The van der Waals surface area contributed by atoms with E-state index in [0.29, 0.717) is 16.9 Å². The molecule has 5 heteroatoms. The minimum atomic E-state index is -0.233. The van der Waals surface area contributed by atoms with Crippen LogP contribution in [0, 0.1) is 12.3 Å². The fraction of sp³-hybridized carbons (Fsp3) is 0.158. The number of rotatable bonds is 4. The van der Waals surface area contributed by atoms with E-state index in [2.05, 4.69) is 17.8 Å². The normalized spacial score (nSPS) is 11.6. The molecule has 1 heterocycles. The van der Waals surface area contributed by atoms with Gasteiger partial charge in [-0.25, -0.2) is 0 Å². The summed E-state index contributed by atoms with van der Waals surface area (Å²) in [6, 6.07) is 15.5. The minimum absolute atomic E-state index is 0.233. The number of amides is 1. The summed E-state index contributed by atoms with van der Waals surface area (Å²) in [5, 5.41) is 0. The fourth-order valence-corrected chi connectivity index (χ4v) is 4.25. The Balaban J connectivity index is 2.12. The van der Waals surface area contributed by atoms with E-state index in [-0.39, 0.29) is 5.91 Å². The van der Waals surface area contributed by atoms with Gasteiger partial charge in [-0.15, -0.1) is 18.2 Å². The zero-order chi connectivity index (χ0) is 16.9. The summed E-state index contributed by atoms with van der Waals surface area (Å²) >= 11 is 3.12. The average Bonchev–Trinajstić information content (AvgIpc) is 2.93. The van der Waals surface area contributed by atoms with Gasteiger partial charge in [0.15, 0.2) is 4.80 Å². The number of thioether (sulfide) groups is 1. The van der Waals surface area contributed by atoms with Gasteiger partial charge in [0.2, 0.25) is 0 Å². The van der Waals surface area contributed by atoms with Crippen molar-refractivity contribution in [2.24, 2.45) is 4.99 Å². The Bertz CT molecular complexity index is 992. The quantitative estimate of drug-likeness (QED) is 0.521. The monoisotopic (exact) mass is 352 g/mol. The highest BCUT2D eigenvalue weighted by Gasteiger charge is 2.12. The Labute approximate surface area is 149 Å². The van der Waals surface area contributed by atoms with Gasteiger partial charge < -0.3 is 4.57 Å². The van der Waals surface area contributed by atoms with Crippen LogP contribution in [0.25, 0.3) is 10.2 Å². The van der Waals surface area contributed by atoms with Crippen LogP contribution in [0.3, 0.4) is 0 Å². The van der Waals surface area contributed by atoms with Gasteiger partial charge in [0.25, 0.3) is 5.91 Å². The number of nitrogens with zero attached hydrogens (tertiary/aromatic N) is 2. The fourth-order valence-electron chi connectivity index (χ4n) is 2.42. The maximum Gasteiger partial charge on any atom is 0.280 e. The molecule has 3 aromatic rings. The second kappa shape index (κ2) is 7.52. The minimum Gasteiger partial charge on any atom is -0.305 e. The van der Waals surface area contributed by atoms with Crippen molar-refractivity contribution in [3.05, 3.63) is 58.9 Å². The van der Waals surface area contributed by atoms with Crippen molar-refractivity contribution in [3.8, 4) is 12.3 Å². The molecule has 0 saturated carbocycles. The second-order valence-electron chi connectivity index (χ2n) is 4.99. The van der Waals surface area contributed by atoms with Crippen molar-refractivity contribution < 1.29 is 4.79 Å². The van der Waals surface area contributed by atoms with Crippen molar-refractivity contribution >= 4 is 39.2 Å². The molecule has 0 atom stereocenters. The molecule has 0 spiro atoms. The van der Waals surface area contributed by atoms with Gasteiger partial charge in [-0.3, -0.25) is 4.79 Å². The molecule has 0 aliphatic rings. The molecule has 1 amide bonds. The second-order valence-corrected chi connectivity index (χ2v) is 7.30. The molecule has 2 aromatic carbocycles. The molecule has 0 unspecified atom stereocenters. The first-order chi connectivity index (χ1) is 11.7. The molecule has 0 fully saturated rings. The summed E-state index contributed by atoms with van der Waals surface area (Å²) in [6.45, 7) is 2.46. The van der Waals surface area contributed by atoms with Crippen LogP contribution in [0.5, 0.6) is 0 Å². The van der Waals surface area contributed by atoms with Crippen LogP contribution in [0.15, 0.2) is 58.4 Å². The van der Waals surface area contributed by atoms with Crippen LogP contribution < -0.4 is 4.80 Å². The lowest BCUT2D eigenvalue weighted by molar-refractivity contribution is 0.0995. The predicted molar refractivity (Wildman–Crippen MR) is 101 cm³/mol. The van der Waals surface area contributed by atoms with Crippen LogP contribution in [0.2, 0.25) is 0 Å². The van der Waals surface area contributed by atoms with Crippen molar-refractivity contribution in [1.82, 2.24) is 4.57 Å². The lowest BCUT2D eigenvalue weighted by Crippen LogP contribution is -2.16. The number of benzene rings is 2. The Morgan fingerprint density at radius 2 is 2.00 bits per heavy atom. The van der Waals surface area contributed by atoms with E-state index in [0.717, 1.165) is 20.9 Å². The van der Waals surface area contributed by atoms with E-state index in [1.54, 1.807) is 11.8 Å². The van der Waals surface area contributed by atoms with Gasteiger partial charge in [0.1, 0.15) is 0 Å². The number of terminal acetylenes is 1. The number of carbonyl (C=O) groups excluding carboxylic acids is 1. The van der Waals surface area contributed by atoms with Crippen LogP contribution in [0.1, 0.15) is 17.3 Å². The van der Waals surface area contributed by atoms with E-state index in [4.69, 9.17) is 6.42 Å². The largest absolute Gasteiger partial charge is 0.305 e. The molecular weight excluding hydrogens is 336 g/mol. The van der Waals surface area contributed by atoms with Gasteiger partial charge >= 0.3 is 0 Å². The number of para-hydroxylation sites is 1. The van der Waals surface area contributed by atoms with E-state index >= 15 is 0 Å². The molecule has 3 rings (SSSR count). The number of aromatic nitrogens is 1. The first kappa shape index (κ1) is 16.6. The molecule has 1 aromatic heterocycles. The molecule has 0 saturated heterocycles. The van der Waals surface area contributed by atoms with E-state index in [1.807, 2.05) is 53.1 Å². The lowest BCUT2D eigenvalue weighted by Gasteiger charge is -2.04. The number of hydrogen-bond acceptors (Lipinski definition) is 3. The van der Waals surface area contributed by atoms with Gasteiger partial charge in [-0.1, -0.05) is 48.4 Å². The summed E-state index contributed by atoms with van der Waals surface area (Å²) in [4.78, 5) is 18.7. The third-order valence-electron chi connectivity index (χ3n) is 3.45. The first-order valence-electron chi connectivity index (χ1n) is 7.57. The Morgan fingerprint density at radius 1 is 1.25 bits per heavy atom. The average molecular weight is 352 g/mol. The molecule has 0 aliphatic heterocycles. The van der Waals surface area contributed by atoms with Crippen molar-refractivity contribution in [2.75, 3.05) is 5.75 Å². The maximum atomic E-state index is 12.7. The molecule has 3 nitrogen and oxygen atoms in total. The van der Waals surface area contributed by atoms with Crippen LogP contribution >= 0.6 is 23.1 Å². The highest BCUT2D eigenvalue weighted by atomic mass is 32.2. The number of carbonyl (C=O) groups is 1. The molecular formula is C19H16N2OS2. The SMILES string of the molecule is C#CCn1c(=NC(=O)c2ccccc2SCC)sc2ccccc21. The Hall–Kier alpha value is -2.29. The first-order valence-corrected chi connectivity index (χ1v) is 9.37. The standard InChI is InChI=1S/C19H16N2OS2/c1-3-13-21-15-10-6-8-12-17(15)24-19(21)20-18(22)14-9-5-7-11-16(14)23-4-2/h1,5-12H,4,13H2,2H3. The summed E-state index contributed by atoms with van der Waals surface area (Å²) in [5.74, 6) is 3.32. The number of thiazole rings is 1. The van der Waals surface area contributed by atoms with Gasteiger partial charge in [-0.05, 0) is 30.0 Å². The van der Waals surface area contributed by atoms with Crippen LogP contribution in [-0.4, -0.2) is 16.2 Å². The molecule has 0 aliphatic carbocycles. The molecule has 0 N–H and O–H groups in total. The van der Waals surface area contributed by atoms with Gasteiger partial charge in [-0.2, -0.15) is 4.99 Å². The highest BCUT2D eigenvalue weighted by Crippen LogP contribution is 2.23. The molecule has 24 heavy (non-hydrogen) atoms. The number of fused-ring (bicyclic) bond motifs is 1. The molecule has 0 radical (unpaired) electrons. The Morgan fingerprint density at radius 3 is 2.79 bits per heavy atom. The molecule has 120 valence electrons. The summed E-state index contributed by atoms with van der Waals surface area (Å²) in [7, 11) is 0. The van der Waals surface area contributed by atoms with Gasteiger partial charge in [0, 0.05) is 4.90 Å². The van der Waals surface area contributed by atoms with E-state index in [9.17, 15) is 4.79 Å². The van der Waals surface area contributed by atoms with Crippen LogP contribution in [0.4, 0.5) is 0 Å². The van der Waals surface area contributed by atoms with Crippen LogP contribution in [-0.2, 0) is 6.54 Å². The summed E-state index contributed by atoms with van der Waals surface area (Å²) in [5.41, 5.74) is 1.64.